The van der Waals surface area contributed by atoms with Crippen molar-refractivity contribution >= 4 is 38.2 Å². The highest BCUT2D eigenvalue weighted by molar-refractivity contribution is 9.10. The zero-order valence-electron chi connectivity index (χ0n) is 11.1. The van der Waals surface area contributed by atoms with Crippen LogP contribution < -0.4 is 5.32 Å². The molecular formula is C16H15BrN2S. The summed E-state index contributed by atoms with van der Waals surface area (Å²) in [5.41, 5.74) is 2.14. The lowest BCUT2D eigenvalue weighted by Crippen LogP contribution is -2.19. The summed E-state index contributed by atoms with van der Waals surface area (Å²) < 4.78 is 1.18. The van der Waals surface area contributed by atoms with Gasteiger partial charge in [-0.05, 0) is 46.6 Å². The van der Waals surface area contributed by atoms with Crippen LogP contribution in [0.5, 0.6) is 0 Å². The first-order chi connectivity index (χ1) is 9.78. The molecule has 1 unspecified atom stereocenters. The van der Waals surface area contributed by atoms with Crippen LogP contribution in [0.3, 0.4) is 0 Å². The van der Waals surface area contributed by atoms with Crippen LogP contribution >= 0.6 is 27.3 Å². The van der Waals surface area contributed by atoms with Crippen LogP contribution in [-0.4, -0.2) is 12.0 Å². The maximum absolute atomic E-state index is 4.78. The van der Waals surface area contributed by atoms with E-state index < -0.39 is 0 Å². The Morgan fingerprint density at radius 3 is 2.80 bits per heavy atom. The Balaban J connectivity index is 1.92. The Hall–Kier alpha value is -1.23. The predicted octanol–water partition coefficient (Wildman–Crippen LogP) is 4.56. The van der Waals surface area contributed by atoms with Crippen LogP contribution in [0.25, 0.3) is 10.9 Å². The molecule has 0 fully saturated rings. The van der Waals surface area contributed by atoms with E-state index in [1.807, 2.05) is 19.2 Å². The highest BCUT2D eigenvalue weighted by Gasteiger charge is 2.14. The van der Waals surface area contributed by atoms with Crippen molar-refractivity contribution in [2.75, 3.05) is 7.05 Å². The van der Waals surface area contributed by atoms with Crippen LogP contribution in [0.1, 0.15) is 16.6 Å². The average Bonchev–Trinajstić information content (AvgIpc) is 2.89. The third-order valence-corrected chi connectivity index (χ3v) is 5.35. The van der Waals surface area contributed by atoms with Gasteiger partial charge in [-0.2, -0.15) is 0 Å². The number of thiophene rings is 1. The quantitative estimate of drug-likeness (QED) is 0.748. The lowest BCUT2D eigenvalue weighted by molar-refractivity contribution is 0.581. The molecule has 1 N–H and O–H groups in total. The number of nitrogens with zero attached hydrogens (tertiary/aromatic N) is 1. The molecule has 1 aromatic carbocycles. The number of hydrogen-bond donors (Lipinski definition) is 1. The van der Waals surface area contributed by atoms with Crippen LogP contribution in [0.2, 0.25) is 0 Å². The molecule has 2 aromatic heterocycles. The van der Waals surface area contributed by atoms with Gasteiger partial charge in [0.15, 0.2) is 0 Å². The minimum absolute atomic E-state index is 0.231. The minimum atomic E-state index is 0.231. The Bertz CT molecular complexity index is 723. The fourth-order valence-electron chi connectivity index (χ4n) is 2.29. The molecule has 0 amide bonds. The number of likely N-dealkylation sites (N-methyl/N-ethyl adjacent to an activating group) is 1. The van der Waals surface area contributed by atoms with Gasteiger partial charge in [-0.1, -0.05) is 24.3 Å². The van der Waals surface area contributed by atoms with Crippen molar-refractivity contribution in [2.45, 2.75) is 12.5 Å². The number of hydrogen-bond acceptors (Lipinski definition) is 3. The third kappa shape index (κ3) is 2.77. The van der Waals surface area contributed by atoms with Crippen molar-refractivity contribution in [3.05, 3.63) is 62.9 Å². The summed E-state index contributed by atoms with van der Waals surface area (Å²) >= 11 is 5.38. The molecule has 4 heteroatoms. The number of fused-ring (bicyclic) bond motifs is 1. The van der Waals surface area contributed by atoms with Gasteiger partial charge in [-0.3, -0.25) is 4.98 Å². The second-order valence-corrected chi connectivity index (χ2v) is 6.52. The first-order valence-corrected chi connectivity index (χ1v) is 8.20. The lowest BCUT2D eigenvalue weighted by atomic mass is 10.1. The number of nitrogens with one attached hydrogen (secondary N) is 1. The number of pyridine rings is 1. The number of benzene rings is 1. The van der Waals surface area contributed by atoms with E-state index in [-0.39, 0.29) is 6.04 Å². The van der Waals surface area contributed by atoms with Gasteiger partial charge in [-0.25, -0.2) is 0 Å². The van der Waals surface area contributed by atoms with E-state index in [1.54, 1.807) is 11.3 Å². The van der Waals surface area contributed by atoms with Gasteiger partial charge < -0.3 is 5.32 Å². The summed E-state index contributed by atoms with van der Waals surface area (Å²) in [4.78, 5) is 6.13. The fourth-order valence-corrected chi connectivity index (χ4v) is 3.85. The third-order valence-electron chi connectivity index (χ3n) is 3.41. The Morgan fingerprint density at radius 2 is 2.05 bits per heavy atom. The van der Waals surface area contributed by atoms with Crippen LogP contribution in [0.4, 0.5) is 0 Å². The second kappa shape index (κ2) is 6.04. The molecule has 0 saturated heterocycles. The van der Waals surface area contributed by atoms with Gasteiger partial charge in [0, 0.05) is 21.2 Å². The van der Waals surface area contributed by atoms with E-state index in [4.69, 9.17) is 4.98 Å². The predicted molar refractivity (Wildman–Crippen MR) is 89.3 cm³/mol. The first-order valence-electron chi connectivity index (χ1n) is 6.53. The molecule has 0 aliphatic heterocycles. The van der Waals surface area contributed by atoms with Crippen molar-refractivity contribution < 1.29 is 0 Å². The zero-order valence-corrected chi connectivity index (χ0v) is 13.5. The number of para-hydroxylation sites is 1. The smallest absolute Gasteiger partial charge is 0.0706 e. The molecule has 102 valence electrons. The topological polar surface area (TPSA) is 24.9 Å². The van der Waals surface area contributed by atoms with E-state index in [9.17, 15) is 0 Å². The van der Waals surface area contributed by atoms with Gasteiger partial charge >= 0.3 is 0 Å². The summed E-state index contributed by atoms with van der Waals surface area (Å²) in [5, 5.41) is 6.67. The van der Waals surface area contributed by atoms with Gasteiger partial charge in [0.05, 0.1) is 17.3 Å². The van der Waals surface area contributed by atoms with Gasteiger partial charge in [-0.15, -0.1) is 11.3 Å². The van der Waals surface area contributed by atoms with Crippen molar-refractivity contribution in [1.82, 2.24) is 10.3 Å². The molecule has 1 atom stereocenters. The molecule has 0 saturated carbocycles. The molecular weight excluding hydrogens is 332 g/mol. The summed E-state index contributed by atoms with van der Waals surface area (Å²) in [6, 6.07) is 14.8. The SMILES string of the molecule is CNC(Cc1sccc1Br)c1ccc2ccccc2n1. The molecule has 2 heterocycles. The van der Waals surface area contributed by atoms with Gasteiger partial charge in [0.2, 0.25) is 0 Å². The van der Waals surface area contributed by atoms with E-state index in [0.29, 0.717) is 0 Å². The standard InChI is InChI=1S/C16H15BrN2S/c1-18-15(10-16-12(17)8-9-20-16)14-7-6-11-4-2-3-5-13(11)19-14/h2-9,15,18H,10H2,1H3. The largest absolute Gasteiger partial charge is 0.311 e. The highest BCUT2D eigenvalue weighted by Crippen LogP contribution is 2.28. The van der Waals surface area contributed by atoms with Crippen molar-refractivity contribution in [3.8, 4) is 0 Å². The maximum atomic E-state index is 4.78. The first kappa shape index (κ1) is 13.7. The lowest BCUT2D eigenvalue weighted by Gasteiger charge is -2.15. The minimum Gasteiger partial charge on any atom is -0.311 e. The van der Waals surface area contributed by atoms with Crippen molar-refractivity contribution in [1.29, 1.82) is 0 Å². The Kier molecular flexibility index (Phi) is 4.15. The van der Waals surface area contributed by atoms with E-state index in [2.05, 4.69) is 57.0 Å². The Morgan fingerprint density at radius 1 is 1.20 bits per heavy atom. The monoisotopic (exact) mass is 346 g/mol. The van der Waals surface area contributed by atoms with Crippen molar-refractivity contribution in [3.63, 3.8) is 0 Å². The number of rotatable bonds is 4. The molecule has 0 bridgehead atoms. The van der Waals surface area contributed by atoms with Gasteiger partial charge in [0.25, 0.3) is 0 Å². The second-order valence-electron chi connectivity index (χ2n) is 4.67. The molecule has 2 nitrogen and oxygen atoms in total. The normalized spacial score (nSPS) is 12.7. The van der Waals surface area contributed by atoms with E-state index in [1.165, 1.54) is 14.7 Å². The molecule has 3 rings (SSSR count). The van der Waals surface area contributed by atoms with E-state index in [0.717, 1.165) is 17.6 Å². The maximum Gasteiger partial charge on any atom is 0.0706 e. The Labute approximate surface area is 131 Å². The molecule has 3 aromatic rings. The summed E-state index contributed by atoms with van der Waals surface area (Å²) in [5.74, 6) is 0. The molecule has 0 spiro atoms. The van der Waals surface area contributed by atoms with Crippen LogP contribution in [0.15, 0.2) is 52.3 Å². The summed E-state index contributed by atoms with van der Waals surface area (Å²) in [6.45, 7) is 0. The summed E-state index contributed by atoms with van der Waals surface area (Å²) in [6.07, 6.45) is 0.945. The van der Waals surface area contributed by atoms with Gasteiger partial charge in [0.1, 0.15) is 0 Å². The fraction of sp³-hybridized carbons (Fsp3) is 0.188. The highest BCUT2D eigenvalue weighted by atomic mass is 79.9. The molecule has 0 radical (unpaired) electrons. The molecule has 0 aliphatic rings. The number of halogens is 1. The van der Waals surface area contributed by atoms with Crippen LogP contribution in [0, 0.1) is 0 Å². The van der Waals surface area contributed by atoms with Crippen LogP contribution in [-0.2, 0) is 6.42 Å². The molecule has 20 heavy (non-hydrogen) atoms. The number of aromatic nitrogens is 1. The average molecular weight is 347 g/mol. The summed E-state index contributed by atoms with van der Waals surface area (Å²) in [7, 11) is 1.99. The molecule has 0 aliphatic carbocycles. The van der Waals surface area contributed by atoms with Crippen molar-refractivity contribution in [2.24, 2.45) is 0 Å². The van der Waals surface area contributed by atoms with E-state index >= 15 is 0 Å². The zero-order chi connectivity index (χ0) is 13.9.